The van der Waals surface area contributed by atoms with Crippen molar-refractivity contribution in [3.8, 4) is 17.3 Å². The van der Waals surface area contributed by atoms with Crippen molar-refractivity contribution >= 4 is 29.2 Å². The molecule has 2 N–H and O–H groups in total. The van der Waals surface area contributed by atoms with Crippen LogP contribution < -0.4 is 4.72 Å². The van der Waals surface area contributed by atoms with E-state index in [-0.39, 0.29) is 0 Å². The average Bonchev–Trinajstić information content (AvgIpc) is 3.13. The molecule has 26 heavy (non-hydrogen) atoms. The molecule has 6 heteroatoms. The van der Waals surface area contributed by atoms with Crippen molar-refractivity contribution in [2.45, 2.75) is 25.7 Å². The van der Waals surface area contributed by atoms with Gasteiger partial charge in [-0.15, -0.1) is 0 Å². The fourth-order valence-electron chi connectivity index (χ4n) is 2.22. The molecule has 0 aliphatic rings. The van der Waals surface area contributed by atoms with Gasteiger partial charge in [0.05, 0.1) is 17.3 Å². The van der Waals surface area contributed by atoms with Gasteiger partial charge in [-0.2, -0.15) is 5.26 Å². The van der Waals surface area contributed by atoms with Crippen molar-refractivity contribution < 1.29 is 4.39 Å². The molecular formula is C20H19ClFN3S. The number of hydrogen-bond donors (Lipinski definition) is 2. The van der Waals surface area contributed by atoms with Gasteiger partial charge in [0.2, 0.25) is 0 Å². The summed E-state index contributed by atoms with van der Waals surface area (Å²) in [6.07, 6.45) is 1.83. The zero-order valence-electron chi connectivity index (χ0n) is 14.7. The number of aromatic nitrogens is 1. The van der Waals surface area contributed by atoms with E-state index in [9.17, 15) is 4.39 Å². The SMILES string of the molecule is CC.Cc1ccc(Cl)c(-c2cc(SNc3ccc(C#N)cc3F)c[nH]2)c1. The van der Waals surface area contributed by atoms with Crippen LogP contribution >= 0.6 is 23.5 Å². The predicted octanol–water partition coefficient (Wildman–Crippen LogP) is 6.80. The van der Waals surface area contributed by atoms with E-state index in [1.54, 1.807) is 12.1 Å². The summed E-state index contributed by atoms with van der Waals surface area (Å²) >= 11 is 7.52. The Morgan fingerprint density at radius 1 is 1.15 bits per heavy atom. The number of benzene rings is 2. The van der Waals surface area contributed by atoms with Crippen LogP contribution in [-0.4, -0.2) is 4.98 Å². The second-order valence-corrected chi connectivity index (χ2v) is 6.53. The molecule has 0 spiro atoms. The lowest BCUT2D eigenvalue weighted by molar-refractivity contribution is 0.632. The lowest BCUT2D eigenvalue weighted by Crippen LogP contribution is -1.91. The number of hydrogen-bond acceptors (Lipinski definition) is 3. The van der Waals surface area contributed by atoms with Crippen LogP contribution in [0.5, 0.6) is 0 Å². The molecule has 0 saturated carbocycles. The Labute approximate surface area is 162 Å². The van der Waals surface area contributed by atoms with Crippen molar-refractivity contribution in [1.29, 1.82) is 5.26 Å². The molecule has 3 aromatic rings. The summed E-state index contributed by atoms with van der Waals surface area (Å²) in [4.78, 5) is 4.07. The smallest absolute Gasteiger partial charge is 0.148 e. The van der Waals surface area contributed by atoms with E-state index in [4.69, 9.17) is 16.9 Å². The number of nitrogens with one attached hydrogen (secondary N) is 2. The van der Waals surface area contributed by atoms with Gasteiger partial charge in [-0.05, 0) is 55.3 Å². The summed E-state index contributed by atoms with van der Waals surface area (Å²) in [5, 5.41) is 9.43. The molecule has 3 rings (SSSR count). The van der Waals surface area contributed by atoms with Crippen LogP contribution in [-0.2, 0) is 0 Å². The molecule has 0 saturated heterocycles. The number of aryl methyl sites for hydroxylation is 1. The topological polar surface area (TPSA) is 51.6 Å². The van der Waals surface area contributed by atoms with E-state index in [0.717, 1.165) is 21.7 Å². The second kappa shape index (κ2) is 9.33. The van der Waals surface area contributed by atoms with E-state index < -0.39 is 5.82 Å². The maximum atomic E-state index is 13.9. The molecule has 0 aliphatic heterocycles. The summed E-state index contributed by atoms with van der Waals surface area (Å²) in [7, 11) is 0. The van der Waals surface area contributed by atoms with Gasteiger partial charge in [0.25, 0.3) is 0 Å². The molecule has 0 radical (unpaired) electrons. The monoisotopic (exact) mass is 387 g/mol. The molecule has 0 aliphatic carbocycles. The summed E-state index contributed by atoms with van der Waals surface area (Å²) in [6, 6.07) is 14.0. The zero-order valence-corrected chi connectivity index (χ0v) is 16.3. The third-order valence-corrected chi connectivity index (χ3v) is 4.57. The van der Waals surface area contributed by atoms with Crippen LogP contribution in [0.25, 0.3) is 11.3 Å². The Morgan fingerprint density at radius 3 is 2.62 bits per heavy atom. The van der Waals surface area contributed by atoms with E-state index in [1.165, 1.54) is 18.0 Å². The predicted molar refractivity (Wildman–Crippen MR) is 108 cm³/mol. The number of rotatable bonds is 4. The highest BCUT2D eigenvalue weighted by Crippen LogP contribution is 2.31. The summed E-state index contributed by atoms with van der Waals surface area (Å²) < 4.78 is 16.8. The third kappa shape index (κ3) is 4.81. The van der Waals surface area contributed by atoms with Gasteiger partial charge in [0.15, 0.2) is 0 Å². The van der Waals surface area contributed by atoms with E-state index in [1.807, 2.05) is 57.3 Å². The van der Waals surface area contributed by atoms with Gasteiger partial charge in [-0.25, -0.2) is 4.39 Å². The van der Waals surface area contributed by atoms with Gasteiger partial charge < -0.3 is 9.71 Å². The first kappa shape index (κ1) is 19.9. The van der Waals surface area contributed by atoms with Crippen LogP contribution in [0, 0.1) is 24.1 Å². The number of anilines is 1. The lowest BCUT2D eigenvalue weighted by Gasteiger charge is -2.05. The first-order valence-corrected chi connectivity index (χ1v) is 9.34. The van der Waals surface area contributed by atoms with Crippen molar-refractivity contribution in [3.63, 3.8) is 0 Å². The molecule has 2 aromatic carbocycles. The first-order chi connectivity index (χ1) is 12.6. The minimum absolute atomic E-state index is 0.293. The standard InChI is InChI=1S/C18H13ClFN3S.C2H6/c1-11-2-4-15(19)14(6-11)18-8-13(10-22-18)24-23-17-5-3-12(9-21)7-16(17)20;1-2/h2-8,10,22-23H,1H3;1-2H3. The highest BCUT2D eigenvalue weighted by Gasteiger charge is 2.08. The van der Waals surface area contributed by atoms with Crippen LogP contribution in [0.2, 0.25) is 5.02 Å². The number of halogens is 2. The first-order valence-electron chi connectivity index (χ1n) is 8.14. The quantitative estimate of drug-likeness (QED) is 0.484. The van der Waals surface area contributed by atoms with Gasteiger partial charge in [0.1, 0.15) is 5.82 Å². The number of nitrogens with zero attached hydrogens (tertiary/aromatic N) is 1. The summed E-state index contributed by atoms with van der Waals surface area (Å²) in [6.45, 7) is 6.01. The highest BCUT2D eigenvalue weighted by molar-refractivity contribution is 8.00. The van der Waals surface area contributed by atoms with Crippen LogP contribution in [0.4, 0.5) is 10.1 Å². The van der Waals surface area contributed by atoms with Gasteiger partial charge in [0, 0.05) is 27.4 Å². The Morgan fingerprint density at radius 2 is 1.92 bits per heavy atom. The van der Waals surface area contributed by atoms with Crippen LogP contribution in [0.1, 0.15) is 25.0 Å². The summed E-state index contributed by atoms with van der Waals surface area (Å²) in [5.74, 6) is -0.459. The minimum atomic E-state index is -0.459. The molecule has 0 unspecified atom stereocenters. The Bertz CT molecular complexity index is 931. The van der Waals surface area contributed by atoms with Crippen LogP contribution in [0.15, 0.2) is 53.6 Å². The van der Waals surface area contributed by atoms with Crippen molar-refractivity contribution in [3.05, 3.63) is 70.6 Å². The molecule has 1 heterocycles. The zero-order chi connectivity index (χ0) is 19.1. The molecule has 0 fully saturated rings. The molecule has 1 aromatic heterocycles. The highest BCUT2D eigenvalue weighted by atomic mass is 35.5. The maximum absolute atomic E-state index is 13.9. The maximum Gasteiger partial charge on any atom is 0.148 e. The van der Waals surface area contributed by atoms with Crippen LogP contribution in [0.3, 0.4) is 0 Å². The van der Waals surface area contributed by atoms with E-state index in [2.05, 4.69) is 9.71 Å². The average molecular weight is 388 g/mol. The Hall–Kier alpha value is -2.42. The second-order valence-electron chi connectivity index (χ2n) is 5.24. The normalized spacial score (nSPS) is 9.85. The van der Waals surface area contributed by atoms with E-state index >= 15 is 0 Å². The molecule has 3 nitrogen and oxygen atoms in total. The fraction of sp³-hybridized carbons (Fsp3) is 0.150. The van der Waals surface area contributed by atoms with Gasteiger partial charge in [-0.3, -0.25) is 0 Å². The lowest BCUT2D eigenvalue weighted by atomic mass is 10.1. The van der Waals surface area contributed by atoms with Crippen molar-refractivity contribution in [1.82, 2.24) is 4.98 Å². The van der Waals surface area contributed by atoms with Gasteiger partial charge >= 0.3 is 0 Å². The third-order valence-electron chi connectivity index (χ3n) is 3.45. The largest absolute Gasteiger partial charge is 0.360 e. The van der Waals surface area contributed by atoms with E-state index in [0.29, 0.717) is 16.3 Å². The minimum Gasteiger partial charge on any atom is -0.360 e. The molecule has 0 amide bonds. The number of H-pyrrole nitrogens is 1. The molecule has 134 valence electrons. The Balaban J connectivity index is 0.00000117. The Kier molecular flexibility index (Phi) is 7.14. The molecule has 0 bridgehead atoms. The molecule has 0 atom stereocenters. The molecular weight excluding hydrogens is 369 g/mol. The number of nitriles is 1. The fourth-order valence-corrected chi connectivity index (χ4v) is 3.12. The summed E-state index contributed by atoms with van der Waals surface area (Å²) in [5.41, 5.74) is 3.56. The van der Waals surface area contributed by atoms with Crippen molar-refractivity contribution in [2.75, 3.05) is 4.72 Å². The van der Waals surface area contributed by atoms with Crippen molar-refractivity contribution in [2.24, 2.45) is 0 Å². The van der Waals surface area contributed by atoms with Gasteiger partial charge in [-0.1, -0.05) is 37.1 Å². The number of aromatic amines is 1.